The first kappa shape index (κ1) is 23.6. The summed E-state index contributed by atoms with van der Waals surface area (Å²) in [5, 5.41) is 68.9. The number of anilines is 1. The summed E-state index contributed by atoms with van der Waals surface area (Å²) in [6, 6.07) is 6.44. The zero-order valence-electron chi connectivity index (χ0n) is 16.8. The fourth-order valence-electron chi connectivity index (χ4n) is 3.39. The first-order valence-corrected chi connectivity index (χ1v) is 9.76. The number of hydrogen-bond donors (Lipinski definition) is 8. The summed E-state index contributed by atoms with van der Waals surface area (Å²) >= 11 is 0. The summed E-state index contributed by atoms with van der Waals surface area (Å²) in [4.78, 5) is 12.8. The lowest BCUT2D eigenvalue weighted by Gasteiger charge is -2.39. The molecule has 0 aliphatic carbocycles. The maximum Gasteiger partial charge on any atom is 0.229 e. The van der Waals surface area contributed by atoms with Gasteiger partial charge in [0.25, 0.3) is 0 Å². The average molecular weight is 451 g/mol. The van der Waals surface area contributed by atoms with Crippen LogP contribution in [0.3, 0.4) is 0 Å². The molecule has 32 heavy (non-hydrogen) atoms. The molecule has 0 saturated carbocycles. The minimum atomic E-state index is -1.75. The van der Waals surface area contributed by atoms with Crippen LogP contribution in [-0.2, 0) is 11.2 Å². The number of hydrogen-bond acceptors (Lipinski definition) is 11. The van der Waals surface area contributed by atoms with E-state index in [-0.39, 0.29) is 35.6 Å². The Bertz CT molecular complexity index is 979. The standard InChI is InChI=1S/C21H25NO10/c22-11-5-9(1-3-12(11)25)2-4-13(26)17-14(27)6-10(24)7-15(17)31-21-20(30)19(29)18(28)16(8-23)32-21/h1,3,5-7,16,18-21,23-25,27-30H,2,4,8,22H2/t16-,18-,19+,20-,21-/m1/s1. The number of phenols is 3. The van der Waals surface area contributed by atoms with Crippen LogP contribution in [0.4, 0.5) is 5.69 Å². The third-order valence-electron chi connectivity index (χ3n) is 5.17. The van der Waals surface area contributed by atoms with E-state index in [0.29, 0.717) is 5.56 Å². The highest BCUT2D eigenvalue weighted by Crippen LogP contribution is 2.36. The molecule has 0 aromatic heterocycles. The first-order valence-electron chi connectivity index (χ1n) is 9.76. The molecule has 9 N–H and O–H groups in total. The van der Waals surface area contributed by atoms with Crippen LogP contribution >= 0.6 is 0 Å². The van der Waals surface area contributed by atoms with E-state index in [2.05, 4.69) is 0 Å². The zero-order valence-corrected chi connectivity index (χ0v) is 16.8. The minimum absolute atomic E-state index is 0.0912. The Balaban J connectivity index is 1.82. The van der Waals surface area contributed by atoms with Crippen LogP contribution in [0, 0.1) is 0 Å². The topological polar surface area (TPSA) is 203 Å². The number of rotatable bonds is 7. The van der Waals surface area contributed by atoms with Crippen molar-refractivity contribution in [2.45, 2.75) is 43.5 Å². The molecule has 0 amide bonds. The number of aliphatic hydroxyl groups is 4. The molecule has 174 valence electrons. The fourth-order valence-corrected chi connectivity index (χ4v) is 3.39. The number of nitrogens with two attached hydrogens (primary N) is 1. The van der Waals surface area contributed by atoms with Crippen LogP contribution in [0.5, 0.6) is 23.0 Å². The number of Topliss-reactive ketones (excluding diaryl/α,β-unsaturated/α-hetero) is 1. The molecule has 0 bridgehead atoms. The van der Waals surface area contributed by atoms with Gasteiger partial charge >= 0.3 is 0 Å². The smallest absolute Gasteiger partial charge is 0.229 e. The molecule has 1 fully saturated rings. The van der Waals surface area contributed by atoms with Gasteiger partial charge in [-0.05, 0) is 24.1 Å². The Kier molecular flexibility index (Phi) is 7.06. The molecule has 0 radical (unpaired) electrons. The number of ketones is 1. The maximum atomic E-state index is 12.8. The molecule has 3 rings (SSSR count). The van der Waals surface area contributed by atoms with Gasteiger partial charge < -0.3 is 51.0 Å². The second-order valence-electron chi connectivity index (χ2n) is 7.47. The third-order valence-corrected chi connectivity index (χ3v) is 5.17. The Morgan fingerprint density at radius 3 is 2.38 bits per heavy atom. The summed E-state index contributed by atoms with van der Waals surface area (Å²) in [7, 11) is 0. The number of aryl methyl sites for hydroxylation is 1. The lowest BCUT2D eigenvalue weighted by atomic mass is 9.98. The van der Waals surface area contributed by atoms with Crippen molar-refractivity contribution in [3.8, 4) is 23.0 Å². The number of carbonyl (C=O) groups excluding carboxylic acids is 1. The van der Waals surface area contributed by atoms with Crippen LogP contribution in [0.25, 0.3) is 0 Å². The van der Waals surface area contributed by atoms with Gasteiger partial charge in [-0.1, -0.05) is 6.07 Å². The van der Waals surface area contributed by atoms with Gasteiger partial charge in [0.1, 0.15) is 53.0 Å². The number of carbonyl (C=O) groups is 1. The molecular weight excluding hydrogens is 426 g/mol. The Hall–Kier alpha value is -3.09. The monoisotopic (exact) mass is 451 g/mol. The van der Waals surface area contributed by atoms with E-state index in [4.69, 9.17) is 15.2 Å². The van der Waals surface area contributed by atoms with E-state index in [1.54, 1.807) is 6.07 Å². The van der Waals surface area contributed by atoms with Gasteiger partial charge in [0.05, 0.1) is 12.3 Å². The molecule has 0 spiro atoms. The quantitative estimate of drug-likeness (QED) is 0.151. The number of benzene rings is 2. The Morgan fingerprint density at radius 2 is 1.72 bits per heavy atom. The average Bonchev–Trinajstić information content (AvgIpc) is 2.74. The van der Waals surface area contributed by atoms with Gasteiger partial charge in [0.15, 0.2) is 5.78 Å². The summed E-state index contributed by atoms with van der Waals surface area (Å²) in [5.41, 5.74) is 6.15. The highest BCUT2D eigenvalue weighted by molar-refractivity contribution is 6.01. The normalized spacial score (nSPS) is 25.4. The second kappa shape index (κ2) is 9.59. The molecule has 1 aliphatic rings. The predicted octanol–water partition coefficient (Wildman–Crippen LogP) is -0.620. The summed E-state index contributed by atoms with van der Waals surface area (Å²) < 4.78 is 10.7. The SMILES string of the molecule is Nc1cc(CCC(=O)c2c(O)cc(O)cc2O[C@@H]2O[C@H](CO)[C@@H](O)[C@H](O)[C@H]2O)ccc1O. The molecule has 1 heterocycles. The second-order valence-corrected chi connectivity index (χ2v) is 7.47. The van der Waals surface area contributed by atoms with Crippen molar-refractivity contribution in [1.82, 2.24) is 0 Å². The molecule has 1 saturated heterocycles. The van der Waals surface area contributed by atoms with Crippen LogP contribution in [0.15, 0.2) is 30.3 Å². The molecular formula is C21H25NO10. The van der Waals surface area contributed by atoms with Crippen molar-refractivity contribution >= 4 is 11.5 Å². The number of aromatic hydroxyl groups is 3. The van der Waals surface area contributed by atoms with Gasteiger partial charge in [0.2, 0.25) is 6.29 Å². The highest BCUT2D eigenvalue weighted by Gasteiger charge is 2.45. The molecule has 1 aliphatic heterocycles. The van der Waals surface area contributed by atoms with Crippen molar-refractivity contribution in [1.29, 1.82) is 0 Å². The van der Waals surface area contributed by atoms with Crippen molar-refractivity contribution in [2.24, 2.45) is 0 Å². The van der Waals surface area contributed by atoms with Crippen LogP contribution in [0.1, 0.15) is 22.3 Å². The van der Waals surface area contributed by atoms with E-state index in [1.165, 1.54) is 12.1 Å². The zero-order chi connectivity index (χ0) is 23.6. The summed E-state index contributed by atoms with van der Waals surface area (Å²) in [6.45, 7) is -0.683. The number of aliphatic hydroxyl groups excluding tert-OH is 4. The molecule has 2 aromatic rings. The first-order chi connectivity index (χ1) is 15.1. The molecule has 11 nitrogen and oxygen atoms in total. The van der Waals surface area contributed by atoms with Gasteiger partial charge in [0, 0.05) is 18.6 Å². The largest absolute Gasteiger partial charge is 0.508 e. The third kappa shape index (κ3) is 4.87. The van der Waals surface area contributed by atoms with Crippen LogP contribution in [0.2, 0.25) is 0 Å². The Labute approximate surface area is 182 Å². The van der Waals surface area contributed by atoms with Gasteiger partial charge in [-0.15, -0.1) is 0 Å². The Morgan fingerprint density at radius 1 is 1.00 bits per heavy atom. The fraction of sp³-hybridized carbons (Fsp3) is 0.381. The van der Waals surface area contributed by atoms with E-state index in [0.717, 1.165) is 12.1 Å². The summed E-state index contributed by atoms with van der Waals surface area (Å²) in [5.74, 6) is -2.02. The van der Waals surface area contributed by atoms with Gasteiger partial charge in [-0.3, -0.25) is 4.79 Å². The van der Waals surface area contributed by atoms with E-state index >= 15 is 0 Å². The molecule has 0 unspecified atom stereocenters. The maximum absolute atomic E-state index is 12.8. The van der Waals surface area contributed by atoms with Crippen molar-refractivity contribution in [3.63, 3.8) is 0 Å². The molecule has 5 atom stereocenters. The van der Waals surface area contributed by atoms with Crippen LogP contribution < -0.4 is 10.5 Å². The number of ether oxygens (including phenoxy) is 2. The van der Waals surface area contributed by atoms with Gasteiger partial charge in [-0.25, -0.2) is 0 Å². The van der Waals surface area contributed by atoms with Crippen molar-refractivity contribution in [2.75, 3.05) is 12.3 Å². The van der Waals surface area contributed by atoms with Gasteiger partial charge in [-0.2, -0.15) is 0 Å². The lowest BCUT2D eigenvalue weighted by molar-refractivity contribution is -0.277. The predicted molar refractivity (Wildman–Crippen MR) is 109 cm³/mol. The molecule has 11 heteroatoms. The minimum Gasteiger partial charge on any atom is -0.508 e. The number of phenolic OH excluding ortho intramolecular Hbond substituents is 3. The van der Waals surface area contributed by atoms with Crippen molar-refractivity contribution in [3.05, 3.63) is 41.5 Å². The van der Waals surface area contributed by atoms with E-state index in [9.17, 15) is 40.5 Å². The van der Waals surface area contributed by atoms with E-state index < -0.39 is 54.6 Å². The molecule has 2 aromatic carbocycles. The number of nitrogen functional groups attached to an aromatic ring is 1. The van der Waals surface area contributed by atoms with E-state index in [1.807, 2.05) is 0 Å². The van der Waals surface area contributed by atoms with Crippen LogP contribution in [-0.4, -0.2) is 78.8 Å². The highest BCUT2D eigenvalue weighted by atomic mass is 16.7. The summed E-state index contributed by atoms with van der Waals surface area (Å²) in [6.07, 6.45) is -7.82. The lowest BCUT2D eigenvalue weighted by Crippen LogP contribution is -2.60. The van der Waals surface area contributed by atoms with Crippen molar-refractivity contribution < 1.29 is 50.0 Å².